The third kappa shape index (κ3) is 24.4. The van der Waals surface area contributed by atoms with Gasteiger partial charge in [0.25, 0.3) is 0 Å². The molecule has 0 aliphatic carbocycles. The Labute approximate surface area is 232 Å². The van der Waals surface area contributed by atoms with Gasteiger partial charge in [0.15, 0.2) is 0 Å². The quantitative estimate of drug-likeness (QED) is 0.0612. The fraction of sp³-hybridized carbons (Fsp3) is 0.839. The number of hydrogen-bond acceptors (Lipinski definition) is 4. The standard InChI is InChI=1S/C31H57NO6/c1-2-3-4-5-6-7-8-9-10-11-12-13-14-15-16-17-18-19-20-21-25-32(26-22-29(33)34,27-23-30(35)36)28-24-31(37)38/h2H,1,3-28H2,(H2-,33,34,35,36,37,38). The number of nitrogens with zero attached hydrogens (tertiary/aromatic N) is 1. The molecule has 7 heteroatoms. The molecule has 0 heterocycles. The normalized spacial score (nSPS) is 11.5. The molecule has 0 aliphatic rings. The summed E-state index contributed by atoms with van der Waals surface area (Å²) in [5.74, 6) is -3.08. The first-order chi connectivity index (χ1) is 18.3. The van der Waals surface area contributed by atoms with Crippen LogP contribution in [0.4, 0.5) is 0 Å². The van der Waals surface area contributed by atoms with Gasteiger partial charge in [0.2, 0.25) is 0 Å². The number of carboxylic acids is 3. The molecule has 0 aromatic carbocycles. The van der Waals surface area contributed by atoms with Crippen molar-refractivity contribution in [3.05, 3.63) is 12.7 Å². The summed E-state index contributed by atoms with van der Waals surface area (Å²) in [4.78, 5) is 33.3. The van der Waals surface area contributed by atoms with Crippen LogP contribution in [0.3, 0.4) is 0 Å². The van der Waals surface area contributed by atoms with Gasteiger partial charge in [-0.2, -0.15) is 0 Å². The van der Waals surface area contributed by atoms with Crippen molar-refractivity contribution in [2.75, 3.05) is 26.2 Å². The first-order valence-corrected chi connectivity index (χ1v) is 15.4. The molecular weight excluding hydrogens is 482 g/mol. The van der Waals surface area contributed by atoms with Gasteiger partial charge in [0.1, 0.15) is 0 Å². The van der Waals surface area contributed by atoms with Crippen molar-refractivity contribution in [2.24, 2.45) is 0 Å². The van der Waals surface area contributed by atoms with Crippen LogP contribution in [0.25, 0.3) is 0 Å². The summed E-state index contributed by atoms with van der Waals surface area (Å²) in [6, 6.07) is 0. The zero-order valence-corrected chi connectivity index (χ0v) is 24.1. The van der Waals surface area contributed by atoms with E-state index < -0.39 is 17.9 Å². The summed E-state index contributed by atoms with van der Waals surface area (Å²) < 4.78 is 0.225. The Morgan fingerprint density at radius 1 is 0.526 bits per heavy atom. The molecule has 7 nitrogen and oxygen atoms in total. The number of carbonyl (C=O) groups excluding carboxylic acids is 1. The van der Waals surface area contributed by atoms with Crippen molar-refractivity contribution >= 4 is 17.9 Å². The third-order valence-electron chi connectivity index (χ3n) is 7.68. The molecule has 0 spiro atoms. The monoisotopic (exact) mass is 539 g/mol. The molecule has 0 radical (unpaired) electrons. The van der Waals surface area contributed by atoms with Crippen LogP contribution in [0, 0.1) is 0 Å². The number of hydrogen-bond donors (Lipinski definition) is 2. The molecule has 0 aromatic heterocycles. The van der Waals surface area contributed by atoms with Gasteiger partial charge in [0.05, 0.1) is 39.0 Å². The Morgan fingerprint density at radius 2 is 0.842 bits per heavy atom. The first-order valence-electron chi connectivity index (χ1n) is 15.4. The van der Waals surface area contributed by atoms with Crippen LogP contribution in [-0.4, -0.2) is 58.8 Å². The number of aliphatic carboxylic acids is 3. The van der Waals surface area contributed by atoms with E-state index in [1.54, 1.807) is 0 Å². The molecule has 222 valence electrons. The van der Waals surface area contributed by atoms with Crippen LogP contribution >= 0.6 is 0 Å². The first kappa shape index (κ1) is 36.1. The maximum absolute atomic E-state index is 11.1. The fourth-order valence-electron chi connectivity index (χ4n) is 5.23. The van der Waals surface area contributed by atoms with Gasteiger partial charge in [-0.3, -0.25) is 9.59 Å². The lowest BCUT2D eigenvalue weighted by atomic mass is 10.0. The lowest BCUT2D eigenvalue weighted by Crippen LogP contribution is -2.53. The highest BCUT2D eigenvalue weighted by Gasteiger charge is 2.28. The second kappa shape index (κ2) is 25.4. The van der Waals surface area contributed by atoms with E-state index in [1.165, 1.54) is 96.3 Å². The molecule has 0 aliphatic heterocycles. The summed E-state index contributed by atoms with van der Waals surface area (Å²) in [5.41, 5.74) is 0. The molecule has 0 saturated heterocycles. The van der Waals surface area contributed by atoms with Crippen molar-refractivity contribution < 1.29 is 34.2 Å². The Bertz CT molecular complexity index is 576. The Kier molecular flexibility index (Phi) is 24.1. The van der Waals surface area contributed by atoms with Gasteiger partial charge in [-0.05, 0) is 25.7 Å². The lowest BCUT2D eigenvalue weighted by molar-refractivity contribution is -0.927. The highest BCUT2D eigenvalue weighted by molar-refractivity contribution is 5.67. The van der Waals surface area contributed by atoms with Crippen LogP contribution in [0.5, 0.6) is 0 Å². The van der Waals surface area contributed by atoms with Crippen molar-refractivity contribution in [1.29, 1.82) is 0 Å². The minimum absolute atomic E-state index is 0.0939. The average molecular weight is 540 g/mol. The maximum atomic E-state index is 11.1. The van der Waals surface area contributed by atoms with E-state index in [0.29, 0.717) is 6.54 Å². The molecule has 38 heavy (non-hydrogen) atoms. The molecule has 0 aromatic rings. The van der Waals surface area contributed by atoms with E-state index in [0.717, 1.165) is 25.7 Å². The fourth-order valence-corrected chi connectivity index (χ4v) is 5.23. The van der Waals surface area contributed by atoms with Crippen LogP contribution in [0.2, 0.25) is 0 Å². The van der Waals surface area contributed by atoms with E-state index in [9.17, 15) is 19.5 Å². The third-order valence-corrected chi connectivity index (χ3v) is 7.68. The van der Waals surface area contributed by atoms with Crippen LogP contribution in [-0.2, 0) is 14.4 Å². The molecule has 0 unspecified atom stereocenters. The molecule has 0 saturated carbocycles. The molecule has 2 N–H and O–H groups in total. The second-order valence-corrected chi connectivity index (χ2v) is 11.1. The van der Waals surface area contributed by atoms with E-state index in [4.69, 9.17) is 10.2 Å². The largest absolute Gasteiger partial charge is 0.550 e. The SMILES string of the molecule is C=CCCCCCCCCCCCCCCCCCCCC[N+](CCC(=O)[O-])(CCC(=O)O)CCC(=O)O. The van der Waals surface area contributed by atoms with Gasteiger partial charge in [-0.15, -0.1) is 6.58 Å². The second-order valence-electron chi connectivity index (χ2n) is 11.1. The molecule has 0 rings (SSSR count). The zero-order valence-electron chi connectivity index (χ0n) is 24.1. The minimum Gasteiger partial charge on any atom is -0.550 e. The summed E-state index contributed by atoms with van der Waals surface area (Å²) in [6.45, 7) is 5.12. The van der Waals surface area contributed by atoms with Crippen molar-refractivity contribution in [3.63, 3.8) is 0 Å². The van der Waals surface area contributed by atoms with Crippen LogP contribution < -0.4 is 5.11 Å². The van der Waals surface area contributed by atoms with Crippen molar-refractivity contribution in [2.45, 2.75) is 141 Å². The van der Waals surface area contributed by atoms with Crippen molar-refractivity contribution in [3.8, 4) is 0 Å². The van der Waals surface area contributed by atoms with E-state index in [2.05, 4.69) is 6.58 Å². The van der Waals surface area contributed by atoms with Gasteiger partial charge >= 0.3 is 11.9 Å². The molecule has 0 bridgehead atoms. The smallest absolute Gasteiger partial charge is 0.309 e. The molecule has 0 fully saturated rings. The number of unbranched alkanes of at least 4 members (excludes halogenated alkanes) is 18. The highest BCUT2D eigenvalue weighted by atomic mass is 16.4. The minimum atomic E-state index is -1.18. The zero-order chi connectivity index (χ0) is 28.3. The Morgan fingerprint density at radius 3 is 1.16 bits per heavy atom. The Hall–Kier alpha value is -1.89. The van der Waals surface area contributed by atoms with Crippen LogP contribution in [0.15, 0.2) is 12.7 Å². The lowest BCUT2D eigenvalue weighted by Gasteiger charge is -2.38. The molecule has 0 atom stereocenters. The summed E-state index contributed by atoms with van der Waals surface area (Å²) in [5, 5.41) is 29.3. The topological polar surface area (TPSA) is 115 Å². The summed E-state index contributed by atoms with van der Waals surface area (Å²) in [6.07, 6.45) is 25.7. The number of carbonyl (C=O) groups is 3. The number of allylic oxidation sites excluding steroid dienone is 1. The maximum Gasteiger partial charge on any atom is 0.309 e. The predicted octanol–water partition coefficient (Wildman–Crippen LogP) is 6.49. The Balaban J connectivity index is 3.85. The van der Waals surface area contributed by atoms with Gasteiger partial charge in [-0.25, -0.2) is 0 Å². The molecular formula is C31H57NO6. The van der Waals surface area contributed by atoms with Gasteiger partial charge in [-0.1, -0.05) is 102 Å². The van der Waals surface area contributed by atoms with Gasteiger partial charge in [0, 0.05) is 12.4 Å². The predicted molar refractivity (Wildman–Crippen MR) is 152 cm³/mol. The van der Waals surface area contributed by atoms with Crippen molar-refractivity contribution in [1.82, 2.24) is 0 Å². The van der Waals surface area contributed by atoms with E-state index >= 15 is 0 Å². The number of quaternary nitrogens is 1. The van der Waals surface area contributed by atoms with Gasteiger partial charge < -0.3 is 24.6 Å². The number of carboxylic acid groups (broad SMARTS) is 3. The average Bonchev–Trinajstić information content (AvgIpc) is 2.88. The summed E-state index contributed by atoms with van der Waals surface area (Å²) in [7, 11) is 0. The van der Waals surface area contributed by atoms with E-state index in [1.807, 2.05) is 6.08 Å². The number of rotatable bonds is 30. The van der Waals surface area contributed by atoms with Crippen LogP contribution in [0.1, 0.15) is 141 Å². The summed E-state index contributed by atoms with van der Waals surface area (Å²) >= 11 is 0. The highest BCUT2D eigenvalue weighted by Crippen LogP contribution is 2.17. The molecule has 0 amide bonds. The van der Waals surface area contributed by atoms with E-state index in [-0.39, 0.29) is 43.4 Å².